The van der Waals surface area contributed by atoms with Gasteiger partial charge in [-0.1, -0.05) is 25.5 Å². The zero-order valence-electron chi connectivity index (χ0n) is 19.2. The molecule has 1 aromatic heterocycles. The van der Waals surface area contributed by atoms with E-state index in [0.29, 0.717) is 37.5 Å². The average Bonchev–Trinajstić information content (AvgIpc) is 3.28. The fourth-order valence-electron chi connectivity index (χ4n) is 4.11. The number of hydrogen-bond donors (Lipinski definition) is 0. The highest BCUT2D eigenvalue weighted by molar-refractivity contribution is 5.94. The van der Waals surface area contributed by atoms with E-state index in [9.17, 15) is 9.59 Å². The lowest BCUT2D eigenvalue weighted by Gasteiger charge is -2.22. The number of aromatic nitrogens is 1. The van der Waals surface area contributed by atoms with Crippen molar-refractivity contribution >= 4 is 11.8 Å². The second-order valence-corrected chi connectivity index (χ2v) is 8.35. The smallest absolute Gasteiger partial charge is 0.260 e. The molecule has 2 heterocycles. The highest BCUT2D eigenvalue weighted by Gasteiger charge is 2.23. The lowest BCUT2D eigenvalue weighted by molar-refractivity contribution is -0.133. The zero-order chi connectivity index (χ0) is 23.0. The van der Waals surface area contributed by atoms with Gasteiger partial charge in [0.05, 0.1) is 0 Å². The predicted octanol–water partition coefficient (Wildman–Crippen LogP) is 4.18. The topological polar surface area (TPSA) is 54.8 Å². The molecule has 2 amide bonds. The maximum Gasteiger partial charge on any atom is 0.260 e. The van der Waals surface area contributed by atoms with Crippen LogP contribution in [0.1, 0.15) is 35.7 Å². The Hall–Kier alpha value is -3.54. The second kappa shape index (κ2) is 10.9. The molecule has 1 aliphatic heterocycles. The lowest BCUT2D eigenvalue weighted by Crippen LogP contribution is -2.39. The van der Waals surface area contributed by atoms with Crippen LogP contribution in [0, 0.1) is 0 Å². The monoisotopic (exact) mass is 445 g/mol. The van der Waals surface area contributed by atoms with Crippen LogP contribution in [0.5, 0.6) is 5.75 Å². The van der Waals surface area contributed by atoms with Gasteiger partial charge in [0.15, 0.2) is 6.61 Å². The first-order valence-electron chi connectivity index (χ1n) is 11.7. The number of hydrogen-bond acceptors (Lipinski definition) is 3. The Balaban J connectivity index is 1.28. The van der Waals surface area contributed by atoms with Crippen LogP contribution in [-0.4, -0.2) is 59.0 Å². The molecule has 0 saturated carbocycles. The maximum atomic E-state index is 13.0. The Morgan fingerprint density at radius 3 is 2.21 bits per heavy atom. The molecule has 0 N–H and O–H groups in total. The van der Waals surface area contributed by atoms with Gasteiger partial charge in [-0.25, -0.2) is 0 Å². The van der Waals surface area contributed by atoms with Gasteiger partial charge in [-0.2, -0.15) is 0 Å². The van der Waals surface area contributed by atoms with Crippen LogP contribution >= 0.6 is 0 Å². The Morgan fingerprint density at radius 1 is 0.848 bits per heavy atom. The molecule has 0 unspecified atom stereocenters. The van der Waals surface area contributed by atoms with Crippen molar-refractivity contribution in [2.45, 2.75) is 26.2 Å². The molecule has 0 spiro atoms. The van der Waals surface area contributed by atoms with Gasteiger partial charge in [0.25, 0.3) is 11.8 Å². The molecule has 1 fully saturated rings. The number of nitrogens with zero attached hydrogens (tertiary/aromatic N) is 3. The fraction of sp³-hybridized carbons (Fsp3) is 0.333. The van der Waals surface area contributed by atoms with Crippen molar-refractivity contribution in [3.8, 4) is 11.4 Å². The minimum Gasteiger partial charge on any atom is -0.484 e. The third-order valence-electron chi connectivity index (χ3n) is 5.98. The third-order valence-corrected chi connectivity index (χ3v) is 5.98. The fourth-order valence-corrected chi connectivity index (χ4v) is 4.11. The summed E-state index contributed by atoms with van der Waals surface area (Å²) >= 11 is 0. The van der Waals surface area contributed by atoms with Gasteiger partial charge in [0.2, 0.25) is 0 Å². The molecule has 4 rings (SSSR count). The van der Waals surface area contributed by atoms with Crippen molar-refractivity contribution < 1.29 is 14.3 Å². The first-order chi connectivity index (χ1) is 16.1. The van der Waals surface area contributed by atoms with Crippen molar-refractivity contribution in [3.63, 3.8) is 0 Å². The summed E-state index contributed by atoms with van der Waals surface area (Å²) in [7, 11) is 0. The number of aryl methyl sites for hydroxylation is 1. The summed E-state index contributed by atoms with van der Waals surface area (Å²) in [4.78, 5) is 29.3. The van der Waals surface area contributed by atoms with E-state index in [1.807, 2.05) is 82.5 Å². The molecule has 0 atom stereocenters. The highest BCUT2D eigenvalue weighted by atomic mass is 16.5. The summed E-state index contributed by atoms with van der Waals surface area (Å²) in [5.41, 5.74) is 2.96. The SMILES string of the molecule is CCCc1ccc(OCC(=O)N2CCCN(C(=O)c3ccc(-n4cccc4)cc3)CC2)cc1. The van der Waals surface area contributed by atoms with Gasteiger partial charge in [0, 0.05) is 49.8 Å². The van der Waals surface area contributed by atoms with E-state index < -0.39 is 0 Å². The molecule has 33 heavy (non-hydrogen) atoms. The third kappa shape index (κ3) is 5.83. The molecular weight excluding hydrogens is 414 g/mol. The van der Waals surface area contributed by atoms with Crippen molar-refractivity contribution in [1.29, 1.82) is 0 Å². The van der Waals surface area contributed by atoms with Crippen LogP contribution < -0.4 is 4.74 Å². The van der Waals surface area contributed by atoms with E-state index in [1.54, 1.807) is 4.90 Å². The maximum absolute atomic E-state index is 13.0. The van der Waals surface area contributed by atoms with E-state index in [1.165, 1.54) is 5.56 Å². The molecule has 6 nitrogen and oxygen atoms in total. The lowest BCUT2D eigenvalue weighted by atomic mass is 10.1. The summed E-state index contributed by atoms with van der Waals surface area (Å²) in [5, 5.41) is 0. The highest BCUT2D eigenvalue weighted by Crippen LogP contribution is 2.15. The molecule has 0 bridgehead atoms. The molecule has 0 aliphatic carbocycles. The van der Waals surface area contributed by atoms with Crippen molar-refractivity contribution in [3.05, 3.63) is 84.2 Å². The molecule has 172 valence electrons. The number of carbonyl (C=O) groups is 2. The van der Waals surface area contributed by atoms with E-state index in [4.69, 9.17) is 4.74 Å². The van der Waals surface area contributed by atoms with Crippen LogP contribution in [0.25, 0.3) is 5.69 Å². The first kappa shape index (κ1) is 22.6. The van der Waals surface area contributed by atoms with Gasteiger partial charge >= 0.3 is 0 Å². The molecule has 1 saturated heterocycles. The van der Waals surface area contributed by atoms with Crippen LogP contribution in [0.2, 0.25) is 0 Å². The van der Waals surface area contributed by atoms with E-state index >= 15 is 0 Å². The number of rotatable bonds is 7. The quantitative estimate of drug-likeness (QED) is 0.548. The molecule has 1 aliphatic rings. The van der Waals surface area contributed by atoms with Crippen molar-refractivity contribution in [2.75, 3.05) is 32.8 Å². The van der Waals surface area contributed by atoms with Gasteiger partial charge in [0.1, 0.15) is 5.75 Å². The molecule has 2 aromatic carbocycles. The Labute approximate surface area is 195 Å². The summed E-state index contributed by atoms with van der Waals surface area (Å²) in [6.07, 6.45) is 6.85. The van der Waals surface area contributed by atoms with Crippen LogP contribution in [-0.2, 0) is 11.2 Å². The normalized spacial score (nSPS) is 14.1. The molecule has 6 heteroatoms. The minimum absolute atomic E-state index is 0.00627. The van der Waals surface area contributed by atoms with Crippen molar-refractivity contribution in [2.24, 2.45) is 0 Å². The summed E-state index contributed by atoms with van der Waals surface area (Å²) in [5.74, 6) is 0.669. The Morgan fingerprint density at radius 2 is 1.52 bits per heavy atom. The zero-order valence-corrected chi connectivity index (χ0v) is 19.2. The largest absolute Gasteiger partial charge is 0.484 e. The summed E-state index contributed by atoms with van der Waals surface area (Å²) in [6, 6.07) is 19.5. The van der Waals surface area contributed by atoms with E-state index in [-0.39, 0.29) is 18.4 Å². The van der Waals surface area contributed by atoms with Gasteiger partial charge in [-0.3, -0.25) is 9.59 Å². The Kier molecular flexibility index (Phi) is 7.45. The van der Waals surface area contributed by atoms with Crippen molar-refractivity contribution in [1.82, 2.24) is 14.4 Å². The number of amides is 2. The summed E-state index contributed by atoms with van der Waals surface area (Å²) in [6.45, 7) is 4.48. The van der Waals surface area contributed by atoms with Crippen LogP contribution in [0.4, 0.5) is 0 Å². The molecule has 0 radical (unpaired) electrons. The second-order valence-electron chi connectivity index (χ2n) is 8.35. The number of ether oxygens (including phenoxy) is 1. The van der Waals surface area contributed by atoms with Gasteiger partial charge in [-0.05, 0) is 66.9 Å². The first-order valence-corrected chi connectivity index (χ1v) is 11.7. The minimum atomic E-state index is -0.0435. The predicted molar refractivity (Wildman–Crippen MR) is 129 cm³/mol. The number of benzene rings is 2. The van der Waals surface area contributed by atoms with Gasteiger partial charge < -0.3 is 19.1 Å². The number of carbonyl (C=O) groups excluding carboxylic acids is 2. The van der Waals surface area contributed by atoms with E-state index in [2.05, 4.69) is 6.92 Å². The van der Waals surface area contributed by atoms with Crippen LogP contribution in [0.15, 0.2) is 73.1 Å². The van der Waals surface area contributed by atoms with Gasteiger partial charge in [-0.15, -0.1) is 0 Å². The Bertz CT molecular complexity index is 1040. The van der Waals surface area contributed by atoms with Crippen LogP contribution in [0.3, 0.4) is 0 Å². The average molecular weight is 446 g/mol. The summed E-state index contributed by atoms with van der Waals surface area (Å²) < 4.78 is 7.71. The molecular formula is C27H31N3O3. The standard InChI is InChI=1S/C27H31N3O3/c1-2-6-22-7-13-25(14-8-22)33-21-26(31)29-17-5-18-30(20-19-29)27(32)23-9-11-24(12-10-23)28-15-3-4-16-28/h3-4,7-16H,2,5-6,17-21H2,1H3. The van der Waals surface area contributed by atoms with E-state index in [0.717, 1.165) is 24.9 Å². The molecule has 3 aromatic rings.